The number of nitrogens with one attached hydrogen (secondary N) is 1. The van der Waals surface area contributed by atoms with Crippen molar-refractivity contribution in [1.82, 2.24) is 29.6 Å². The van der Waals surface area contributed by atoms with Crippen LogP contribution in [0.1, 0.15) is 58.4 Å². The average molecular weight is 807 g/mol. The van der Waals surface area contributed by atoms with Gasteiger partial charge in [0.15, 0.2) is 0 Å². The predicted octanol–water partition coefficient (Wildman–Crippen LogP) is 2.93. The quantitative estimate of drug-likeness (QED) is 0.146. The molecule has 2 aromatic heterocycles. The molecule has 3 fully saturated rings. The molecular formula is C43H46N6O10. The number of methoxy groups -OCH3 is 2. The minimum absolute atomic E-state index is 0.0335. The van der Waals surface area contributed by atoms with Gasteiger partial charge in [-0.15, -0.1) is 0 Å². The highest BCUT2D eigenvalue weighted by molar-refractivity contribution is 6.24. The first kappa shape index (κ1) is 39.7. The van der Waals surface area contributed by atoms with Crippen molar-refractivity contribution < 1.29 is 42.9 Å². The van der Waals surface area contributed by atoms with Crippen molar-refractivity contribution in [2.45, 2.75) is 56.8 Å². The summed E-state index contributed by atoms with van der Waals surface area (Å²) in [7, 11) is 7.11. The van der Waals surface area contributed by atoms with Crippen molar-refractivity contribution >= 4 is 40.3 Å². The summed E-state index contributed by atoms with van der Waals surface area (Å²) >= 11 is 0. The lowest BCUT2D eigenvalue weighted by molar-refractivity contribution is -0.136. The van der Waals surface area contributed by atoms with E-state index in [0.29, 0.717) is 35.9 Å². The Morgan fingerprint density at radius 2 is 1.71 bits per heavy atom. The van der Waals surface area contributed by atoms with Crippen LogP contribution in [0.5, 0.6) is 17.2 Å². The molecular weight excluding hydrogens is 761 g/mol. The fourth-order valence-electron chi connectivity index (χ4n) is 9.20. The summed E-state index contributed by atoms with van der Waals surface area (Å²) in [6.45, 7) is 1.69. The molecule has 308 valence electrons. The highest BCUT2D eigenvalue weighted by Gasteiger charge is 2.48. The van der Waals surface area contributed by atoms with Crippen LogP contribution in [-0.4, -0.2) is 120 Å². The van der Waals surface area contributed by atoms with Crippen molar-refractivity contribution in [2.24, 2.45) is 13.0 Å². The third-order valence-corrected chi connectivity index (χ3v) is 12.1. The van der Waals surface area contributed by atoms with Gasteiger partial charge in [0.05, 0.1) is 55.9 Å². The Balaban J connectivity index is 0.824. The summed E-state index contributed by atoms with van der Waals surface area (Å²) in [5, 5.41) is 3.52. The Bertz CT molecular complexity index is 2410. The second kappa shape index (κ2) is 16.3. The van der Waals surface area contributed by atoms with E-state index in [4.69, 9.17) is 18.9 Å². The first-order valence-corrected chi connectivity index (χ1v) is 19.7. The molecule has 1 aliphatic carbocycles. The van der Waals surface area contributed by atoms with Gasteiger partial charge in [-0.3, -0.25) is 48.9 Å². The molecule has 16 heteroatoms. The number of hydrogen-bond acceptors (Lipinski definition) is 12. The molecule has 8 rings (SSSR count). The molecule has 16 nitrogen and oxygen atoms in total. The molecule has 3 aliphatic heterocycles. The number of fused-ring (bicyclic) bond motifs is 4. The lowest BCUT2D eigenvalue weighted by Crippen LogP contribution is -2.54. The lowest BCUT2D eigenvalue weighted by atomic mass is 9.97. The van der Waals surface area contributed by atoms with Crippen LogP contribution in [0.15, 0.2) is 59.8 Å². The predicted molar refractivity (Wildman–Crippen MR) is 213 cm³/mol. The topological polar surface area (TPSA) is 179 Å². The number of aryl methyl sites for hydroxylation is 1. The van der Waals surface area contributed by atoms with E-state index < -0.39 is 29.7 Å². The molecule has 59 heavy (non-hydrogen) atoms. The first-order valence-electron chi connectivity index (χ1n) is 19.7. The van der Waals surface area contributed by atoms with E-state index in [1.54, 1.807) is 50.4 Å². The summed E-state index contributed by atoms with van der Waals surface area (Å²) in [5.74, 6) is -0.447. The molecule has 5 amide bonds. The van der Waals surface area contributed by atoms with Gasteiger partial charge in [-0.1, -0.05) is 6.07 Å². The first-order chi connectivity index (χ1) is 28.5. The fourth-order valence-corrected chi connectivity index (χ4v) is 9.20. The Kier molecular flexibility index (Phi) is 10.9. The number of imide groups is 2. The highest BCUT2D eigenvalue weighted by Crippen LogP contribution is 2.43. The van der Waals surface area contributed by atoms with E-state index in [1.165, 1.54) is 6.07 Å². The molecule has 4 aliphatic rings. The summed E-state index contributed by atoms with van der Waals surface area (Å²) < 4.78 is 25.0. The van der Waals surface area contributed by atoms with Gasteiger partial charge in [-0.05, 0) is 73.5 Å². The van der Waals surface area contributed by atoms with Gasteiger partial charge >= 0.3 is 0 Å². The fraction of sp³-hybridized carbons (Fsp3) is 0.419. The molecule has 2 bridgehead atoms. The van der Waals surface area contributed by atoms with Crippen LogP contribution in [0.2, 0.25) is 0 Å². The normalized spacial score (nSPS) is 21.1. The standard InChI is InChI=1S/C43H46N6O10/c1-46(23-31-35(56-3)17-24(18-36(31)57-4)30-22-47(2)41(53)29-20-44-12-10-27(29)30)33-19-26-16-25(33)21-48(26)38(51)11-13-58-14-15-59-34-7-5-6-28-39(34)43(55)49(42(28)54)32-8-9-37(50)45-40(32)52/h5-7,10,12,17-18,20,22,25-26,32-33H,8-9,11,13-16,19,21,23H2,1-4H3,(H,45,50,52). The molecule has 0 spiro atoms. The molecule has 4 atom stereocenters. The number of piperidine rings is 2. The lowest BCUT2D eigenvalue weighted by Gasteiger charge is -2.36. The molecule has 4 unspecified atom stereocenters. The minimum atomic E-state index is -1.07. The number of hydrogen-bond donors (Lipinski definition) is 1. The number of nitrogens with zero attached hydrogens (tertiary/aromatic N) is 5. The number of carbonyl (C=O) groups excluding carboxylic acids is 5. The Morgan fingerprint density at radius 3 is 2.42 bits per heavy atom. The van der Waals surface area contributed by atoms with Crippen molar-refractivity contribution in [3.63, 3.8) is 0 Å². The van der Waals surface area contributed by atoms with E-state index in [1.807, 2.05) is 29.3 Å². The second-order valence-electron chi connectivity index (χ2n) is 15.5. The van der Waals surface area contributed by atoms with Gasteiger partial charge < -0.3 is 28.4 Å². The van der Waals surface area contributed by atoms with Gasteiger partial charge in [0.2, 0.25) is 17.7 Å². The van der Waals surface area contributed by atoms with Crippen LogP contribution in [-0.2, 0) is 32.7 Å². The summed E-state index contributed by atoms with van der Waals surface area (Å²) in [5.41, 5.74) is 2.73. The van der Waals surface area contributed by atoms with Crippen LogP contribution in [0.25, 0.3) is 21.9 Å². The highest BCUT2D eigenvalue weighted by atomic mass is 16.5. The summed E-state index contributed by atoms with van der Waals surface area (Å²) in [6.07, 6.45) is 7.19. The van der Waals surface area contributed by atoms with E-state index in [-0.39, 0.29) is 79.5 Å². The molecule has 2 saturated heterocycles. The minimum Gasteiger partial charge on any atom is -0.496 e. The van der Waals surface area contributed by atoms with Crippen LogP contribution < -0.4 is 25.1 Å². The summed E-state index contributed by atoms with van der Waals surface area (Å²) in [4.78, 5) is 85.9. The number of pyridine rings is 2. The number of carbonyl (C=O) groups is 5. The van der Waals surface area contributed by atoms with Gasteiger partial charge in [-0.2, -0.15) is 0 Å². The van der Waals surface area contributed by atoms with Crippen LogP contribution in [0, 0.1) is 5.92 Å². The van der Waals surface area contributed by atoms with Gasteiger partial charge in [0.1, 0.15) is 29.9 Å². The molecule has 0 radical (unpaired) electrons. The van der Waals surface area contributed by atoms with Crippen molar-refractivity contribution in [3.05, 3.63) is 82.0 Å². The molecule has 2 aromatic carbocycles. The zero-order chi connectivity index (χ0) is 41.5. The molecule has 1 N–H and O–H groups in total. The number of rotatable bonds is 14. The Hall–Kier alpha value is -6.13. The summed E-state index contributed by atoms with van der Waals surface area (Å²) in [6, 6.07) is 9.84. The molecule has 1 saturated carbocycles. The zero-order valence-electron chi connectivity index (χ0n) is 33.4. The Morgan fingerprint density at radius 1 is 0.932 bits per heavy atom. The maximum absolute atomic E-state index is 13.3. The Labute approximate surface area is 339 Å². The van der Waals surface area contributed by atoms with E-state index in [9.17, 15) is 28.8 Å². The SMILES string of the molecule is COc1cc(-c2cn(C)c(=O)c3cnccc23)cc(OC)c1CN(C)C1CC2CC1CN2C(=O)CCOCCOc1cccc2c1C(=O)N(C1CCC(=O)NC1=O)C2=O. The van der Waals surface area contributed by atoms with E-state index in [2.05, 4.69) is 22.2 Å². The third kappa shape index (κ3) is 7.31. The van der Waals surface area contributed by atoms with Crippen LogP contribution in [0.4, 0.5) is 0 Å². The van der Waals surface area contributed by atoms with Crippen LogP contribution in [0.3, 0.4) is 0 Å². The third-order valence-electron chi connectivity index (χ3n) is 12.1. The van der Waals surface area contributed by atoms with Gasteiger partial charge in [-0.25, -0.2) is 0 Å². The van der Waals surface area contributed by atoms with Crippen molar-refractivity contribution in [3.8, 4) is 28.4 Å². The number of ether oxygens (including phenoxy) is 4. The van der Waals surface area contributed by atoms with Crippen molar-refractivity contribution in [1.29, 1.82) is 0 Å². The molecule has 5 heterocycles. The van der Waals surface area contributed by atoms with E-state index in [0.717, 1.165) is 39.8 Å². The number of aromatic nitrogens is 2. The van der Waals surface area contributed by atoms with Crippen molar-refractivity contribution in [2.75, 3.05) is 47.6 Å². The zero-order valence-corrected chi connectivity index (χ0v) is 33.4. The van der Waals surface area contributed by atoms with Crippen LogP contribution >= 0.6 is 0 Å². The number of likely N-dealkylation sites (tertiary alicyclic amines) is 1. The second-order valence-corrected chi connectivity index (χ2v) is 15.5. The maximum atomic E-state index is 13.3. The maximum Gasteiger partial charge on any atom is 0.266 e. The largest absolute Gasteiger partial charge is 0.496 e. The monoisotopic (exact) mass is 806 g/mol. The average Bonchev–Trinajstić information content (AvgIpc) is 3.93. The van der Waals surface area contributed by atoms with Gasteiger partial charge in [0, 0.05) is 62.8 Å². The number of amides is 5. The smallest absolute Gasteiger partial charge is 0.266 e. The molecule has 4 aromatic rings. The van der Waals surface area contributed by atoms with Gasteiger partial charge in [0.25, 0.3) is 17.4 Å². The van der Waals surface area contributed by atoms with E-state index >= 15 is 0 Å². The number of benzene rings is 2.